The largest absolute Gasteiger partial charge is 0.241 e. The van der Waals surface area contributed by atoms with Crippen molar-refractivity contribution in [3.05, 3.63) is 70.3 Å². The van der Waals surface area contributed by atoms with Crippen LogP contribution in [-0.2, 0) is 10.0 Å². The molecule has 0 amide bonds. The lowest BCUT2D eigenvalue weighted by Gasteiger charge is -2.17. The van der Waals surface area contributed by atoms with Crippen molar-refractivity contribution in [2.75, 3.05) is 0 Å². The predicted octanol–water partition coefficient (Wildman–Crippen LogP) is 3.74. The van der Waals surface area contributed by atoms with Crippen LogP contribution < -0.4 is 4.72 Å². The minimum absolute atomic E-state index is 0.290. The van der Waals surface area contributed by atoms with Crippen LogP contribution in [0.4, 0.5) is 0 Å². The minimum Gasteiger partial charge on any atom is -0.207 e. The van der Waals surface area contributed by atoms with Crippen molar-refractivity contribution in [1.82, 2.24) is 4.72 Å². The van der Waals surface area contributed by atoms with Gasteiger partial charge in [0.15, 0.2) is 0 Å². The molecule has 0 aromatic heterocycles. The van der Waals surface area contributed by atoms with Crippen LogP contribution in [0, 0.1) is 13.8 Å². The van der Waals surface area contributed by atoms with E-state index < -0.39 is 10.0 Å². The third-order valence-electron chi connectivity index (χ3n) is 4.00. The molecular formula is C18H19NO2S. The smallest absolute Gasteiger partial charge is 0.207 e. The van der Waals surface area contributed by atoms with Crippen molar-refractivity contribution in [2.45, 2.75) is 31.7 Å². The van der Waals surface area contributed by atoms with E-state index in [1.165, 1.54) is 5.56 Å². The van der Waals surface area contributed by atoms with Crippen molar-refractivity contribution < 1.29 is 8.42 Å². The third kappa shape index (κ3) is 2.72. The summed E-state index contributed by atoms with van der Waals surface area (Å²) >= 11 is 0. The third-order valence-corrected chi connectivity index (χ3v) is 5.43. The number of sulfonamides is 1. The normalized spacial score (nSPS) is 17.2. The van der Waals surface area contributed by atoms with E-state index in [-0.39, 0.29) is 6.04 Å². The van der Waals surface area contributed by atoms with Crippen LogP contribution in [0.5, 0.6) is 0 Å². The molecule has 3 rings (SSSR count). The highest BCUT2D eigenvalue weighted by Crippen LogP contribution is 2.35. The Morgan fingerprint density at radius 1 is 0.909 bits per heavy atom. The fraction of sp³-hybridized carbons (Fsp3) is 0.222. The van der Waals surface area contributed by atoms with E-state index in [2.05, 4.69) is 10.8 Å². The molecule has 1 N–H and O–H groups in total. The molecule has 1 aliphatic carbocycles. The number of nitrogens with one attached hydrogen (secondary N) is 1. The molecular weight excluding hydrogens is 294 g/mol. The molecule has 0 bridgehead atoms. The Labute approximate surface area is 131 Å². The summed E-state index contributed by atoms with van der Waals surface area (Å²) in [7, 11) is -3.54. The van der Waals surface area contributed by atoms with Crippen molar-refractivity contribution in [1.29, 1.82) is 0 Å². The lowest BCUT2D eigenvalue weighted by molar-refractivity contribution is 0.572. The highest BCUT2D eigenvalue weighted by molar-refractivity contribution is 7.89. The van der Waals surface area contributed by atoms with Gasteiger partial charge in [-0.1, -0.05) is 53.1 Å². The zero-order valence-electron chi connectivity index (χ0n) is 12.9. The number of aryl methyl sites for hydroxylation is 2. The summed E-state index contributed by atoms with van der Waals surface area (Å²) < 4.78 is 28.0. The van der Waals surface area contributed by atoms with Crippen molar-refractivity contribution >= 4 is 16.1 Å². The first-order valence-electron chi connectivity index (χ1n) is 7.24. The molecule has 0 unspecified atom stereocenters. The summed E-state index contributed by atoms with van der Waals surface area (Å²) in [6.45, 7) is 5.93. The molecule has 3 nitrogen and oxygen atoms in total. The van der Waals surface area contributed by atoms with Crippen LogP contribution in [0.15, 0.2) is 52.9 Å². The molecule has 1 aliphatic rings. The Morgan fingerprint density at radius 2 is 1.55 bits per heavy atom. The van der Waals surface area contributed by atoms with Gasteiger partial charge in [0.1, 0.15) is 0 Å². The Hall–Kier alpha value is -1.91. The number of fused-ring (bicyclic) bond motifs is 1. The zero-order valence-corrected chi connectivity index (χ0v) is 13.7. The first-order chi connectivity index (χ1) is 10.4. The van der Waals surface area contributed by atoms with E-state index in [4.69, 9.17) is 0 Å². The van der Waals surface area contributed by atoms with Crippen LogP contribution in [0.2, 0.25) is 0 Å². The van der Waals surface area contributed by atoms with Gasteiger partial charge < -0.3 is 0 Å². The number of rotatable bonds is 3. The molecule has 0 radical (unpaired) electrons. The van der Waals surface area contributed by atoms with Gasteiger partial charge in [-0.05, 0) is 44.0 Å². The van der Waals surface area contributed by atoms with Gasteiger partial charge in [-0.25, -0.2) is 8.42 Å². The van der Waals surface area contributed by atoms with Crippen molar-refractivity contribution in [3.63, 3.8) is 0 Å². The predicted molar refractivity (Wildman–Crippen MR) is 89.1 cm³/mol. The van der Waals surface area contributed by atoms with Crippen LogP contribution in [-0.4, -0.2) is 8.42 Å². The highest BCUT2D eigenvalue weighted by atomic mass is 32.2. The average Bonchev–Trinajstić information content (AvgIpc) is 2.74. The lowest BCUT2D eigenvalue weighted by Crippen LogP contribution is -2.28. The van der Waals surface area contributed by atoms with Gasteiger partial charge in [0, 0.05) is 0 Å². The van der Waals surface area contributed by atoms with Gasteiger partial charge in [-0.3, -0.25) is 0 Å². The maximum absolute atomic E-state index is 12.6. The molecule has 0 fully saturated rings. The molecule has 114 valence electrons. The molecule has 2 aromatic carbocycles. The van der Waals surface area contributed by atoms with E-state index in [9.17, 15) is 8.42 Å². The van der Waals surface area contributed by atoms with Gasteiger partial charge in [-0.15, -0.1) is 0 Å². The number of hydrogen-bond donors (Lipinski definition) is 1. The fourth-order valence-electron chi connectivity index (χ4n) is 2.75. The lowest BCUT2D eigenvalue weighted by atomic mass is 10.0. The summed E-state index contributed by atoms with van der Waals surface area (Å²) in [5, 5.41) is 0. The zero-order chi connectivity index (χ0) is 15.9. The highest BCUT2D eigenvalue weighted by Gasteiger charge is 2.27. The summed E-state index contributed by atoms with van der Waals surface area (Å²) in [6, 6.07) is 12.7. The first-order valence-corrected chi connectivity index (χ1v) is 8.73. The Balaban J connectivity index is 1.94. The second-order valence-electron chi connectivity index (χ2n) is 5.89. The first kappa shape index (κ1) is 15.0. The standard InChI is InChI=1S/C18H19NO2S/c1-12-4-7-16(8-5-12)22(20,21)19-18-14(3)11-15-10-13(2)6-9-17(15)18/h4-11,18-19H,1-3H3/t18-/m0/s1. The number of hydrogen-bond acceptors (Lipinski definition) is 2. The van der Waals surface area contributed by atoms with E-state index in [1.807, 2.05) is 51.1 Å². The molecule has 4 heteroatoms. The van der Waals surface area contributed by atoms with Gasteiger partial charge in [0.2, 0.25) is 10.0 Å². The van der Waals surface area contributed by atoms with Crippen molar-refractivity contribution in [3.8, 4) is 0 Å². The van der Waals surface area contributed by atoms with Crippen LogP contribution >= 0.6 is 0 Å². The van der Waals surface area contributed by atoms with E-state index in [1.54, 1.807) is 12.1 Å². The topological polar surface area (TPSA) is 46.2 Å². The van der Waals surface area contributed by atoms with E-state index >= 15 is 0 Å². The van der Waals surface area contributed by atoms with Gasteiger partial charge in [-0.2, -0.15) is 4.72 Å². The molecule has 0 heterocycles. The summed E-state index contributed by atoms with van der Waals surface area (Å²) in [4.78, 5) is 0.298. The Kier molecular flexibility index (Phi) is 3.67. The molecule has 2 aromatic rings. The second kappa shape index (κ2) is 5.38. The molecule has 22 heavy (non-hydrogen) atoms. The molecule has 0 spiro atoms. The maximum Gasteiger partial charge on any atom is 0.241 e. The minimum atomic E-state index is -3.54. The van der Waals surface area contributed by atoms with Gasteiger partial charge in [0.25, 0.3) is 0 Å². The molecule has 0 saturated carbocycles. The average molecular weight is 313 g/mol. The van der Waals surface area contributed by atoms with Gasteiger partial charge in [0.05, 0.1) is 10.9 Å². The van der Waals surface area contributed by atoms with Crippen LogP contribution in [0.1, 0.15) is 35.2 Å². The van der Waals surface area contributed by atoms with E-state index in [0.717, 1.165) is 22.3 Å². The van der Waals surface area contributed by atoms with Crippen molar-refractivity contribution in [2.24, 2.45) is 0 Å². The summed E-state index contributed by atoms with van der Waals surface area (Å²) in [5.74, 6) is 0. The molecule has 0 saturated heterocycles. The fourth-order valence-corrected chi connectivity index (χ4v) is 4.01. The summed E-state index contributed by atoms with van der Waals surface area (Å²) in [6.07, 6.45) is 2.05. The maximum atomic E-state index is 12.6. The van der Waals surface area contributed by atoms with Crippen LogP contribution in [0.3, 0.4) is 0 Å². The monoisotopic (exact) mass is 313 g/mol. The number of benzene rings is 2. The molecule has 0 aliphatic heterocycles. The molecule has 1 atom stereocenters. The summed E-state index contributed by atoms with van der Waals surface area (Å²) in [5.41, 5.74) is 5.32. The SMILES string of the molecule is CC1=Cc2cc(C)ccc2[C@H]1NS(=O)(=O)c1ccc(C)cc1. The van der Waals surface area contributed by atoms with Gasteiger partial charge >= 0.3 is 0 Å². The Bertz CT molecular complexity index is 849. The quantitative estimate of drug-likeness (QED) is 0.938. The van der Waals surface area contributed by atoms with E-state index in [0.29, 0.717) is 4.90 Å². The van der Waals surface area contributed by atoms with Crippen LogP contribution in [0.25, 0.3) is 6.08 Å². The Morgan fingerprint density at radius 3 is 2.23 bits per heavy atom. The second-order valence-corrected chi connectivity index (χ2v) is 7.60.